The quantitative estimate of drug-likeness (QED) is 0.573. The number of benzene rings is 2. The maximum atomic E-state index is 11.1. The first-order valence-electron chi connectivity index (χ1n) is 10.5. The summed E-state index contributed by atoms with van der Waals surface area (Å²) >= 11 is 0. The number of aliphatic hydroxyl groups is 1. The Morgan fingerprint density at radius 2 is 1.97 bits per heavy atom. The van der Waals surface area contributed by atoms with E-state index in [1.165, 1.54) is 5.56 Å². The summed E-state index contributed by atoms with van der Waals surface area (Å²) < 4.78 is 11.5. The summed E-state index contributed by atoms with van der Waals surface area (Å²) in [5.41, 5.74) is 2.84. The second-order valence-corrected chi connectivity index (χ2v) is 8.01. The number of rotatable bonds is 11. The first kappa shape index (κ1) is 22.3. The van der Waals surface area contributed by atoms with Gasteiger partial charge in [-0.15, -0.1) is 0 Å². The predicted molar refractivity (Wildman–Crippen MR) is 118 cm³/mol. The number of carbonyl (C=O) groups excluding carboxylic acids is 1. The first-order chi connectivity index (χ1) is 14.5. The van der Waals surface area contributed by atoms with Crippen LogP contribution in [-0.4, -0.2) is 68.9 Å². The van der Waals surface area contributed by atoms with Crippen molar-refractivity contribution < 1.29 is 19.4 Å². The highest BCUT2D eigenvalue weighted by molar-refractivity contribution is 5.79. The fourth-order valence-corrected chi connectivity index (χ4v) is 3.68. The van der Waals surface area contributed by atoms with Crippen LogP contribution in [0.1, 0.15) is 28.8 Å². The SMILES string of the molecule is CN(C)c1ccc(CN(CC(O)COc2ccccc2C=O)CC2CCCO2)cc1. The van der Waals surface area contributed by atoms with Gasteiger partial charge in [-0.05, 0) is 42.7 Å². The Bertz CT molecular complexity index is 788. The van der Waals surface area contributed by atoms with Gasteiger partial charge in [0.05, 0.1) is 11.7 Å². The van der Waals surface area contributed by atoms with E-state index in [1.54, 1.807) is 18.2 Å². The molecule has 2 aromatic carbocycles. The summed E-state index contributed by atoms with van der Waals surface area (Å²) in [7, 11) is 4.05. The molecule has 0 bridgehead atoms. The number of para-hydroxylation sites is 1. The number of anilines is 1. The van der Waals surface area contributed by atoms with Crippen LogP contribution in [0.3, 0.4) is 0 Å². The standard InChI is InChI=1S/C24H32N2O4/c1-25(2)21-11-9-19(10-12-21)14-26(16-23-7-5-13-29-23)15-22(28)18-30-24-8-4-3-6-20(24)17-27/h3-4,6,8-12,17,22-23,28H,5,7,13-16,18H2,1-2H3. The fraction of sp³-hybridized carbons (Fsp3) is 0.458. The van der Waals surface area contributed by atoms with E-state index >= 15 is 0 Å². The fourth-order valence-electron chi connectivity index (χ4n) is 3.68. The molecule has 1 saturated heterocycles. The van der Waals surface area contributed by atoms with Gasteiger partial charge in [-0.2, -0.15) is 0 Å². The highest BCUT2D eigenvalue weighted by Crippen LogP contribution is 2.19. The molecule has 2 aromatic rings. The molecule has 0 aliphatic carbocycles. The van der Waals surface area contributed by atoms with Crippen LogP contribution in [0.15, 0.2) is 48.5 Å². The maximum absolute atomic E-state index is 11.1. The molecule has 1 N–H and O–H groups in total. The average Bonchev–Trinajstić information content (AvgIpc) is 3.26. The minimum atomic E-state index is -0.674. The zero-order valence-corrected chi connectivity index (χ0v) is 17.9. The lowest BCUT2D eigenvalue weighted by atomic mass is 10.1. The Balaban J connectivity index is 1.60. The Labute approximate surface area is 179 Å². The van der Waals surface area contributed by atoms with Gasteiger partial charge in [-0.25, -0.2) is 0 Å². The van der Waals surface area contributed by atoms with Crippen molar-refractivity contribution in [3.8, 4) is 5.75 Å². The van der Waals surface area contributed by atoms with E-state index in [0.717, 1.165) is 44.5 Å². The van der Waals surface area contributed by atoms with E-state index in [1.807, 2.05) is 20.2 Å². The lowest BCUT2D eigenvalue weighted by Gasteiger charge is -2.28. The first-order valence-corrected chi connectivity index (χ1v) is 10.5. The molecule has 0 radical (unpaired) electrons. The van der Waals surface area contributed by atoms with Gasteiger partial charge < -0.3 is 19.5 Å². The van der Waals surface area contributed by atoms with Crippen LogP contribution >= 0.6 is 0 Å². The van der Waals surface area contributed by atoms with E-state index < -0.39 is 6.10 Å². The Hall–Kier alpha value is -2.41. The van der Waals surface area contributed by atoms with Gasteiger partial charge in [0, 0.05) is 46.0 Å². The number of aldehydes is 1. The molecular weight excluding hydrogens is 380 g/mol. The lowest BCUT2D eigenvalue weighted by molar-refractivity contribution is 0.0312. The maximum Gasteiger partial charge on any atom is 0.153 e. The summed E-state index contributed by atoms with van der Waals surface area (Å²) in [6.45, 7) is 2.92. The van der Waals surface area contributed by atoms with Gasteiger partial charge in [0.25, 0.3) is 0 Å². The molecule has 1 aliphatic heterocycles. The third kappa shape index (κ3) is 6.55. The zero-order chi connectivity index (χ0) is 21.3. The van der Waals surface area contributed by atoms with Crippen molar-refractivity contribution in [3.05, 3.63) is 59.7 Å². The Morgan fingerprint density at radius 1 is 1.20 bits per heavy atom. The predicted octanol–water partition coefficient (Wildman–Crippen LogP) is 2.99. The second kappa shape index (κ2) is 11.1. The topological polar surface area (TPSA) is 62.2 Å². The van der Waals surface area contributed by atoms with Crippen LogP contribution in [0.2, 0.25) is 0 Å². The number of carbonyl (C=O) groups is 1. The minimum Gasteiger partial charge on any atom is -0.490 e. The highest BCUT2D eigenvalue weighted by Gasteiger charge is 2.21. The van der Waals surface area contributed by atoms with Gasteiger partial charge in [0.1, 0.15) is 18.5 Å². The number of hydrogen-bond acceptors (Lipinski definition) is 6. The third-order valence-corrected chi connectivity index (χ3v) is 5.29. The lowest BCUT2D eigenvalue weighted by Crippen LogP contribution is -2.39. The summed E-state index contributed by atoms with van der Waals surface area (Å²) in [6, 6.07) is 15.5. The molecule has 0 aromatic heterocycles. The summed E-state index contributed by atoms with van der Waals surface area (Å²) in [5, 5.41) is 10.6. The van der Waals surface area contributed by atoms with Crippen LogP contribution in [-0.2, 0) is 11.3 Å². The van der Waals surface area contributed by atoms with Crippen molar-refractivity contribution in [2.45, 2.75) is 31.6 Å². The molecule has 1 aliphatic rings. The molecule has 0 saturated carbocycles. The van der Waals surface area contributed by atoms with Crippen LogP contribution < -0.4 is 9.64 Å². The van der Waals surface area contributed by atoms with E-state index in [-0.39, 0.29) is 12.7 Å². The molecule has 1 fully saturated rings. The molecule has 162 valence electrons. The minimum absolute atomic E-state index is 0.131. The molecule has 2 unspecified atom stereocenters. The molecule has 30 heavy (non-hydrogen) atoms. The van der Waals surface area contributed by atoms with Crippen LogP contribution in [0, 0.1) is 0 Å². The van der Waals surface area contributed by atoms with Crippen molar-refractivity contribution in [1.29, 1.82) is 0 Å². The molecular formula is C24H32N2O4. The average molecular weight is 413 g/mol. The smallest absolute Gasteiger partial charge is 0.153 e. The Morgan fingerprint density at radius 3 is 2.63 bits per heavy atom. The van der Waals surface area contributed by atoms with Crippen LogP contribution in [0.5, 0.6) is 5.75 Å². The van der Waals surface area contributed by atoms with Gasteiger partial charge >= 0.3 is 0 Å². The molecule has 0 spiro atoms. The van der Waals surface area contributed by atoms with Crippen molar-refractivity contribution in [2.75, 3.05) is 45.3 Å². The van der Waals surface area contributed by atoms with Crippen LogP contribution in [0.25, 0.3) is 0 Å². The summed E-state index contributed by atoms with van der Waals surface area (Å²) in [6.07, 6.45) is 2.43. The number of ether oxygens (including phenoxy) is 2. The van der Waals surface area contributed by atoms with Crippen molar-refractivity contribution in [1.82, 2.24) is 4.90 Å². The third-order valence-electron chi connectivity index (χ3n) is 5.29. The van der Waals surface area contributed by atoms with Crippen molar-refractivity contribution in [2.24, 2.45) is 0 Å². The van der Waals surface area contributed by atoms with Gasteiger partial charge in [-0.3, -0.25) is 9.69 Å². The monoisotopic (exact) mass is 412 g/mol. The second-order valence-electron chi connectivity index (χ2n) is 8.01. The molecule has 2 atom stereocenters. The molecule has 0 amide bonds. The molecule has 6 heteroatoms. The summed E-state index contributed by atoms with van der Waals surface area (Å²) in [5.74, 6) is 0.497. The van der Waals surface area contributed by atoms with Gasteiger partial charge in [0.2, 0.25) is 0 Å². The zero-order valence-electron chi connectivity index (χ0n) is 17.9. The van der Waals surface area contributed by atoms with E-state index in [4.69, 9.17) is 9.47 Å². The molecule has 3 rings (SSSR count). The number of nitrogens with zero attached hydrogens (tertiary/aromatic N) is 2. The Kier molecular flexibility index (Phi) is 8.25. The molecule has 1 heterocycles. The van der Waals surface area contributed by atoms with Crippen molar-refractivity contribution >= 4 is 12.0 Å². The van der Waals surface area contributed by atoms with E-state index in [0.29, 0.717) is 17.9 Å². The largest absolute Gasteiger partial charge is 0.490 e. The summed E-state index contributed by atoms with van der Waals surface area (Å²) in [4.78, 5) is 15.4. The molecule has 6 nitrogen and oxygen atoms in total. The van der Waals surface area contributed by atoms with Gasteiger partial charge in [0.15, 0.2) is 6.29 Å². The van der Waals surface area contributed by atoms with Crippen LogP contribution in [0.4, 0.5) is 5.69 Å². The van der Waals surface area contributed by atoms with Gasteiger partial charge in [-0.1, -0.05) is 24.3 Å². The van der Waals surface area contributed by atoms with Crippen molar-refractivity contribution in [3.63, 3.8) is 0 Å². The van der Waals surface area contributed by atoms with E-state index in [2.05, 4.69) is 34.1 Å². The van der Waals surface area contributed by atoms with E-state index in [9.17, 15) is 9.90 Å². The normalized spacial score (nSPS) is 17.1. The highest BCUT2D eigenvalue weighted by atomic mass is 16.5. The number of hydrogen-bond donors (Lipinski definition) is 1. The number of aliphatic hydroxyl groups excluding tert-OH is 1.